The van der Waals surface area contributed by atoms with E-state index in [-0.39, 0.29) is 11.9 Å². The van der Waals surface area contributed by atoms with Crippen molar-refractivity contribution in [3.05, 3.63) is 29.8 Å². The van der Waals surface area contributed by atoms with Gasteiger partial charge < -0.3 is 15.4 Å². The minimum atomic E-state index is -0.0343. The predicted molar refractivity (Wildman–Crippen MR) is 77.4 cm³/mol. The van der Waals surface area contributed by atoms with Crippen molar-refractivity contribution < 1.29 is 9.53 Å². The van der Waals surface area contributed by atoms with E-state index in [1.165, 1.54) is 0 Å². The Morgan fingerprint density at radius 1 is 1.37 bits per heavy atom. The third-order valence-corrected chi connectivity index (χ3v) is 2.99. The van der Waals surface area contributed by atoms with Crippen LogP contribution in [-0.2, 0) is 0 Å². The summed E-state index contributed by atoms with van der Waals surface area (Å²) in [5, 5.41) is 0. The highest BCUT2D eigenvalue weighted by Gasteiger charge is 2.16. The van der Waals surface area contributed by atoms with Crippen molar-refractivity contribution in [3.63, 3.8) is 0 Å². The van der Waals surface area contributed by atoms with Crippen LogP contribution >= 0.6 is 0 Å². The zero-order chi connectivity index (χ0) is 14.4. The first-order valence-corrected chi connectivity index (χ1v) is 6.65. The van der Waals surface area contributed by atoms with Crippen LogP contribution in [0.4, 0.5) is 0 Å². The Morgan fingerprint density at radius 2 is 2.05 bits per heavy atom. The smallest absolute Gasteiger partial charge is 0.254 e. The average molecular weight is 264 g/mol. The van der Waals surface area contributed by atoms with Crippen molar-refractivity contribution >= 4 is 5.91 Å². The summed E-state index contributed by atoms with van der Waals surface area (Å²) in [6.07, 6.45) is 0. The molecule has 0 radical (unpaired) electrons. The summed E-state index contributed by atoms with van der Waals surface area (Å²) in [6.45, 7) is 7.20. The largest absolute Gasteiger partial charge is 0.493 e. The molecule has 19 heavy (non-hydrogen) atoms. The molecule has 0 aromatic heterocycles. The highest BCUT2D eigenvalue weighted by Crippen LogP contribution is 2.16. The van der Waals surface area contributed by atoms with Crippen LogP contribution in [0.2, 0.25) is 0 Å². The van der Waals surface area contributed by atoms with E-state index < -0.39 is 0 Å². The maximum absolute atomic E-state index is 12.3. The molecule has 0 saturated heterocycles. The molecule has 1 aromatic carbocycles. The van der Waals surface area contributed by atoms with Crippen molar-refractivity contribution in [2.45, 2.75) is 26.8 Å². The molecule has 0 aliphatic carbocycles. The number of carbonyl (C=O) groups is 1. The van der Waals surface area contributed by atoms with Gasteiger partial charge in [0.15, 0.2) is 0 Å². The van der Waals surface area contributed by atoms with Gasteiger partial charge in [0.2, 0.25) is 0 Å². The molecule has 4 nitrogen and oxygen atoms in total. The number of ether oxygens (including phenoxy) is 1. The summed E-state index contributed by atoms with van der Waals surface area (Å²) in [5.41, 5.74) is 6.21. The molecular formula is C15H24N2O2. The summed E-state index contributed by atoms with van der Waals surface area (Å²) in [7, 11) is 1.77. The summed E-state index contributed by atoms with van der Waals surface area (Å²) in [6, 6.07) is 7.30. The number of nitrogens with two attached hydrogens (primary N) is 1. The van der Waals surface area contributed by atoms with Crippen molar-refractivity contribution in [3.8, 4) is 5.75 Å². The number of hydrogen-bond acceptors (Lipinski definition) is 3. The number of benzene rings is 1. The molecule has 0 fully saturated rings. The summed E-state index contributed by atoms with van der Waals surface area (Å²) < 4.78 is 5.63. The number of rotatable bonds is 6. The van der Waals surface area contributed by atoms with Crippen LogP contribution in [-0.4, -0.2) is 37.0 Å². The monoisotopic (exact) mass is 264 g/mol. The number of amides is 1. The second-order valence-electron chi connectivity index (χ2n) is 5.23. The molecule has 106 valence electrons. The molecule has 1 unspecified atom stereocenters. The first-order valence-electron chi connectivity index (χ1n) is 6.65. The SMILES string of the molecule is CC(C)COc1cccc(C(=O)N(C)C(C)CN)c1. The molecule has 0 aliphatic rings. The minimum absolute atomic E-state index is 0.0211. The lowest BCUT2D eigenvalue weighted by atomic mass is 10.1. The first kappa shape index (κ1) is 15.5. The molecule has 1 aromatic rings. The summed E-state index contributed by atoms with van der Waals surface area (Å²) in [4.78, 5) is 13.9. The topological polar surface area (TPSA) is 55.6 Å². The van der Waals surface area contributed by atoms with Gasteiger partial charge in [0.25, 0.3) is 5.91 Å². The number of carbonyl (C=O) groups excluding carboxylic acids is 1. The van der Waals surface area contributed by atoms with E-state index in [0.29, 0.717) is 24.6 Å². The Kier molecular flexibility index (Phi) is 5.83. The lowest BCUT2D eigenvalue weighted by molar-refractivity contribution is 0.0748. The summed E-state index contributed by atoms with van der Waals surface area (Å²) >= 11 is 0. The molecule has 1 rings (SSSR count). The fourth-order valence-electron chi connectivity index (χ4n) is 1.54. The van der Waals surface area contributed by atoms with Crippen LogP contribution in [0.1, 0.15) is 31.1 Å². The quantitative estimate of drug-likeness (QED) is 0.856. The third-order valence-electron chi connectivity index (χ3n) is 2.99. The van der Waals surface area contributed by atoms with E-state index in [1.54, 1.807) is 24.1 Å². The number of likely N-dealkylation sites (N-methyl/N-ethyl adjacent to an activating group) is 1. The van der Waals surface area contributed by atoms with E-state index in [0.717, 1.165) is 5.75 Å². The van der Waals surface area contributed by atoms with E-state index in [2.05, 4.69) is 13.8 Å². The minimum Gasteiger partial charge on any atom is -0.493 e. The molecule has 0 spiro atoms. The standard InChI is InChI=1S/C15H24N2O2/c1-11(2)10-19-14-7-5-6-13(8-14)15(18)17(4)12(3)9-16/h5-8,11-12H,9-10,16H2,1-4H3. The second-order valence-corrected chi connectivity index (χ2v) is 5.23. The Morgan fingerprint density at radius 3 is 2.63 bits per heavy atom. The van der Waals surface area contributed by atoms with Gasteiger partial charge >= 0.3 is 0 Å². The fourth-order valence-corrected chi connectivity index (χ4v) is 1.54. The van der Waals surface area contributed by atoms with E-state index in [1.807, 2.05) is 19.1 Å². The molecule has 0 saturated carbocycles. The second kappa shape index (κ2) is 7.14. The van der Waals surface area contributed by atoms with Crippen molar-refractivity contribution in [1.82, 2.24) is 4.90 Å². The predicted octanol–water partition coefficient (Wildman–Crippen LogP) is 2.14. The molecule has 1 atom stereocenters. The Bertz CT molecular complexity index is 418. The molecule has 1 amide bonds. The van der Waals surface area contributed by atoms with Crippen molar-refractivity contribution in [2.24, 2.45) is 11.7 Å². The average Bonchev–Trinajstić information content (AvgIpc) is 2.42. The molecule has 0 aliphatic heterocycles. The van der Waals surface area contributed by atoms with E-state index in [4.69, 9.17) is 10.5 Å². The number of nitrogens with zero attached hydrogens (tertiary/aromatic N) is 1. The molecule has 4 heteroatoms. The Balaban J connectivity index is 2.78. The van der Waals surface area contributed by atoms with Crippen molar-refractivity contribution in [2.75, 3.05) is 20.2 Å². The van der Waals surface area contributed by atoms with Gasteiger partial charge in [-0.3, -0.25) is 4.79 Å². The first-order chi connectivity index (χ1) is 8.95. The zero-order valence-corrected chi connectivity index (χ0v) is 12.2. The van der Waals surface area contributed by atoms with E-state index >= 15 is 0 Å². The van der Waals surface area contributed by atoms with Crippen molar-refractivity contribution in [1.29, 1.82) is 0 Å². The Hall–Kier alpha value is -1.55. The van der Waals surface area contributed by atoms with Crippen LogP contribution < -0.4 is 10.5 Å². The summed E-state index contributed by atoms with van der Waals surface area (Å²) in [5.74, 6) is 1.15. The van der Waals surface area contributed by atoms with Gasteiger partial charge in [-0.25, -0.2) is 0 Å². The van der Waals surface area contributed by atoms with Crippen LogP contribution in [0, 0.1) is 5.92 Å². The van der Waals surface area contributed by atoms with Crippen LogP contribution in [0.5, 0.6) is 5.75 Å². The van der Waals surface area contributed by atoms with Gasteiger partial charge in [0.1, 0.15) is 5.75 Å². The third kappa shape index (κ3) is 4.56. The Labute approximate surface area is 115 Å². The van der Waals surface area contributed by atoms with E-state index in [9.17, 15) is 4.79 Å². The fraction of sp³-hybridized carbons (Fsp3) is 0.533. The van der Waals surface area contributed by atoms with Gasteiger partial charge in [0, 0.05) is 25.2 Å². The highest BCUT2D eigenvalue weighted by atomic mass is 16.5. The molecule has 2 N–H and O–H groups in total. The zero-order valence-electron chi connectivity index (χ0n) is 12.2. The molecule has 0 heterocycles. The number of hydrogen-bond donors (Lipinski definition) is 1. The van der Waals surface area contributed by atoms with Crippen LogP contribution in [0.15, 0.2) is 24.3 Å². The van der Waals surface area contributed by atoms with Gasteiger partial charge in [-0.05, 0) is 31.0 Å². The van der Waals surface area contributed by atoms with Gasteiger partial charge in [-0.2, -0.15) is 0 Å². The van der Waals surface area contributed by atoms with Crippen LogP contribution in [0.3, 0.4) is 0 Å². The maximum atomic E-state index is 12.3. The van der Waals surface area contributed by atoms with Gasteiger partial charge in [-0.15, -0.1) is 0 Å². The lowest BCUT2D eigenvalue weighted by Crippen LogP contribution is -2.39. The molecule has 0 bridgehead atoms. The normalized spacial score (nSPS) is 12.3. The molecular weight excluding hydrogens is 240 g/mol. The maximum Gasteiger partial charge on any atom is 0.254 e. The van der Waals surface area contributed by atoms with Gasteiger partial charge in [-0.1, -0.05) is 19.9 Å². The highest BCUT2D eigenvalue weighted by molar-refractivity contribution is 5.94. The van der Waals surface area contributed by atoms with Gasteiger partial charge in [0.05, 0.1) is 6.61 Å². The van der Waals surface area contributed by atoms with Crippen LogP contribution in [0.25, 0.3) is 0 Å². The lowest BCUT2D eigenvalue weighted by Gasteiger charge is -2.23.